The van der Waals surface area contributed by atoms with Gasteiger partial charge in [0.25, 0.3) is 5.56 Å². The Morgan fingerprint density at radius 1 is 1.15 bits per heavy atom. The van der Waals surface area contributed by atoms with Crippen molar-refractivity contribution in [2.75, 3.05) is 7.11 Å². The maximum absolute atomic E-state index is 12.9. The molecule has 8 heteroatoms. The molecule has 0 bridgehead atoms. The highest BCUT2D eigenvalue weighted by atomic mass is 16.5. The van der Waals surface area contributed by atoms with E-state index < -0.39 is 22.9 Å². The SMILES string of the molecule is COc1cccc(-n2nc(C(=O)O)c(=O)n(Cc3cccc(C)c3)c2=O)c1. The first-order chi connectivity index (χ1) is 12.9. The van der Waals surface area contributed by atoms with Crippen molar-refractivity contribution in [1.82, 2.24) is 14.3 Å². The predicted molar refractivity (Wildman–Crippen MR) is 97.9 cm³/mol. The van der Waals surface area contributed by atoms with Crippen molar-refractivity contribution in [3.63, 3.8) is 0 Å². The topological polar surface area (TPSA) is 103 Å². The molecule has 3 rings (SSSR count). The molecular formula is C19H17N3O5. The number of carboxylic acids is 1. The lowest BCUT2D eigenvalue weighted by molar-refractivity contribution is 0.0684. The van der Waals surface area contributed by atoms with E-state index in [0.29, 0.717) is 17.0 Å². The number of benzene rings is 2. The van der Waals surface area contributed by atoms with Crippen molar-refractivity contribution < 1.29 is 14.6 Å². The van der Waals surface area contributed by atoms with E-state index in [2.05, 4.69) is 5.10 Å². The van der Waals surface area contributed by atoms with Gasteiger partial charge in [0, 0.05) is 6.07 Å². The smallest absolute Gasteiger partial charge is 0.362 e. The summed E-state index contributed by atoms with van der Waals surface area (Å²) in [4.78, 5) is 36.9. The number of rotatable bonds is 5. The fourth-order valence-electron chi connectivity index (χ4n) is 2.69. The molecule has 0 spiro atoms. The van der Waals surface area contributed by atoms with Gasteiger partial charge in [-0.15, -0.1) is 0 Å². The molecule has 0 unspecified atom stereocenters. The summed E-state index contributed by atoms with van der Waals surface area (Å²) in [5, 5.41) is 13.1. The van der Waals surface area contributed by atoms with Crippen LogP contribution in [-0.4, -0.2) is 32.5 Å². The summed E-state index contributed by atoms with van der Waals surface area (Å²) < 4.78 is 6.89. The zero-order valence-corrected chi connectivity index (χ0v) is 14.7. The predicted octanol–water partition coefficient (Wildman–Crippen LogP) is 1.46. The van der Waals surface area contributed by atoms with Crippen molar-refractivity contribution in [2.24, 2.45) is 0 Å². The van der Waals surface area contributed by atoms with Crippen LogP contribution >= 0.6 is 0 Å². The third-order valence-electron chi connectivity index (χ3n) is 3.98. The Morgan fingerprint density at radius 2 is 1.89 bits per heavy atom. The first kappa shape index (κ1) is 18.1. The Bertz CT molecular complexity index is 1130. The van der Waals surface area contributed by atoms with Crippen LogP contribution in [0.25, 0.3) is 5.69 Å². The van der Waals surface area contributed by atoms with Gasteiger partial charge in [-0.2, -0.15) is 9.78 Å². The molecule has 1 aromatic heterocycles. The lowest BCUT2D eigenvalue weighted by Crippen LogP contribution is -2.44. The average molecular weight is 367 g/mol. The summed E-state index contributed by atoms with van der Waals surface area (Å²) in [6.07, 6.45) is 0. The zero-order valence-electron chi connectivity index (χ0n) is 14.7. The fourth-order valence-corrected chi connectivity index (χ4v) is 2.69. The van der Waals surface area contributed by atoms with E-state index in [1.165, 1.54) is 13.2 Å². The summed E-state index contributed by atoms with van der Waals surface area (Å²) in [6.45, 7) is 1.82. The highest BCUT2D eigenvalue weighted by Gasteiger charge is 2.20. The Hall–Kier alpha value is -3.68. The van der Waals surface area contributed by atoms with Gasteiger partial charge in [-0.05, 0) is 24.6 Å². The molecule has 0 aliphatic rings. The number of carboxylic acid groups (broad SMARTS) is 1. The summed E-state index contributed by atoms with van der Waals surface area (Å²) in [5.41, 5.74) is -0.465. The maximum Gasteiger partial charge on any atom is 0.362 e. The second-order valence-corrected chi connectivity index (χ2v) is 5.93. The van der Waals surface area contributed by atoms with Crippen LogP contribution in [0.4, 0.5) is 0 Å². The van der Waals surface area contributed by atoms with Crippen molar-refractivity contribution in [3.8, 4) is 11.4 Å². The van der Waals surface area contributed by atoms with Crippen molar-refractivity contribution in [3.05, 3.63) is 86.2 Å². The molecule has 27 heavy (non-hydrogen) atoms. The van der Waals surface area contributed by atoms with E-state index in [4.69, 9.17) is 4.74 Å². The van der Waals surface area contributed by atoms with E-state index in [1.54, 1.807) is 30.3 Å². The van der Waals surface area contributed by atoms with Gasteiger partial charge in [0.15, 0.2) is 0 Å². The quantitative estimate of drug-likeness (QED) is 0.732. The largest absolute Gasteiger partial charge is 0.497 e. The van der Waals surface area contributed by atoms with Gasteiger partial charge in [0.05, 0.1) is 19.3 Å². The van der Waals surface area contributed by atoms with E-state index in [-0.39, 0.29) is 6.54 Å². The molecule has 2 aromatic carbocycles. The fraction of sp³-hybridized carbons (Fsp3) is 0.158. The maximum atomic E-state index is 12.9. The average Bonchev–Trinajstić information content (AvgIpc) is 2.65. The second-order valence-electron chi connectivity index (χ2n) is 5.93. The monoisotopic (exact) mass is 367 g/mol. The third kappa shape index (κ3) is 3.64. The van der Waals surface area contributed by atoms with Crippen molar-refractivity contribution >= 4 is 5.97 Å². The first-order valence-corrected chi connectivity index (χ1v) is 8.08. The molecule has 0 saturated carbocycles. The van der Waals surface area contributed by atoms with Gasteiger partial charge in [-0.1, -0.05) is 35.9 Å². The molecule has 138 valence electrons. The minimum atomic E-state index is -1.50. The molecule has 3 aromatic rings. The Labute approximate surface area is 153 Å². The van der Waals surface area contributed by atoms with E-state index in [9.17, 15) is 19.5 Å². The van der Waals surface area contributed by atoms with Crippen LogP contribution < -0.4 is 16.0 Å². The lowest BCUT2D eigenvalue weighted by atomic mass is 10.1. The molecule has 8 nitrogen and oxygen atoms in total. The molecule has 0 atom stereocenters. The molecule has 1 N–H and O–H groups in total. The van der Waals surface area contributed by atoms with E-state index in [0.717, 1.165) is 14.8 Å². The summed E-state index contributed by atoms with van der Waals surface area (Å²) in [5.74, 6) is -1.04. The molecule has 0 amide bonds. The van der Waals surface area contributed by atoms with Gasteiger partial charge in [0.2, 0.25) is 5.69 Å². The second kappa shape index (κ2) is 7.28. The third-order valence-corrected chi connectivity index (χ3v) is 3.98. The number of ether oxygens (including phenoxy) is 1. The summed E-state index contributed by atoms with van der Waals surface area (Å²) in [6, 6.07) is 13.7. The molecular weight excluding hydrogens is 350 g/mol. The minimum Gasteiger partial charge on any atom is -0.497 e. The number of aryl methyl sites for hydroxylation is 1. The number of aromatic nitrogens is 3. The Balaban J connectivity index is 2.23. The number of carbonyl (C=O) groups is 1. The molecule has 0 aliphatic carbocycles. The van der Waals surface area contributed by atoms with Crippen LogP contribution in [0.3, 0.4) is 0 Å². The van der Waals surface area contributed by atoms with Crippen LogP contribution in [0, 0.1) is 6.92 Å². The Kier molecular flexibility index (Phi) is 4.89. The minimum absolute atomic E-state index is 0.0634. The number of nitrogens with zero attached hydrogens (tertiary/aromatic N) is 3. The highest BCUT2D eigenvalue weighted by Crippen LogP contribution is 2.14. The molecule has 1 heterocycles. The molecule has 0 fully saturated rings. The highest BCUT2D eigenvalue weighted by molar-refractivity contribution is 5.84. The summed E-state index contributed by atoms with van der Waals surface area (Å²) in [7, 11) is 1.47. The van der Waals surface area contributed by atoms with Crippen LogP contribution in [0.2, 0.25) is 0 Å². The van der Waals surface area contributed by atoms with Gasteiger partial charge in [-0.25, -0.2) is 9.59 Å². The van der Waals surface area contributed by atoms with E-state index >= 15 is 0 Å². The van der Waals surface area contributed by atoms with Crippen LogP contribution in [0.5, 0.6) is 5.75 Å². The van der Waals surface area contributed by atoms with Gasteiger partial charge < -0.3 is 9.84 Å². The molecule has 0 radical (unpaired) electrons. The standard InChI is InChI=1S/C19H17N3O5/c1-12-5-3-6-13(9-12)11-21-17(23)16(18(24)25)20-22(19(21)26)14-7-4-8-15(10-14)27-2/h3-10H,11H2,1-2H3,(H,24,25). The normalized spacial score (nSPS) is 10.6. The lowest BCUT2D eigenvalue weighted by Gasteiger charge is -2.12. The van der Waals surface area contributed by atoms with Crippen LogP contribution in [-0.2, 0) is 6.54 Å². The van der Waals surface area contributed by atoms with Crippen LogP contribution in [0.1, 0.15) is 21.6 Å². The number of hydrogen-bond donors (Lipinski definition) is 1. The number of methoxy groups -OCH3 is 1. The molecule has 0 aliphatic heterocycles. The first-order valence-electron chi connectivity index (χ1n) is 8.08. The van der Waals surface area contributed by atoms with Crippen LogP contribution in [0.15, 0.2) is 58.1 Å². The van der Waals surface area contributed by atoms with E-state index in [1.807, 2.05) is 19.1 Å². The number of aromatic carboxylic acids is 1. The Morgan fingerprint density at radius 3 is 2.56 bits per heavy atom. The van der Waals surface area contributed by atoms with Gasteiger partial charge in [0.1, 0.15) is 5.75 Å². The van der Waals surface area contributed by atoms with Crippen molar-refractivity contribution in [2.45, 2.75) is 13.5 Å². The van der Waals surface area contributed by atoms with Gasteiger partial charge >= 0.3 is 11.7 Å². The van der Waals surface area contributed by atoms with Gasteiger partial charge in [-0.3, -0.25) is 9.36 Å². The molecule has 0 saturated heterocycles. The zero-order chi connectivity index (χ0) is 19.6. The summed E-state index contributed by atoms with van der Waals surface area (Å²) >= 11 is 0. The number of hydrogen-bond acceptors (Lipinski definition) is 5. The van der Waals surface area contributed by atoms with Crippen molar-refractivity contribution in [1.29, 1.82) is 0 Å².